The van der Waals surface area contributed by atoms with E-state index >= 15 is 0 Å². The van der Waals surface area contributed by atoms with Crippen molar-refractivity contribution in [2.45, 2.75) is 25.5 Å². The fourth-order valence-electron chi connectivity index (χ4n) is 1.85. The van der Waals surface area contributed by atoms with Crippen molar-refractivity contribution < 1.29 is 19.4 Å². The van der Waals surface area contributed by atoms with Crippen LogP contribution in [0, 0.1) is 0 Å². The SMILES string of the molecule is O=C(O)c1ccc(CNC(=O)[C@H]2CCCO2)cc1. The lowest BCUT2D eigenvalue weighted by Crippen LogP contribution is -2.33. The molecule has 1 aromatic carbocycles. The second kappa shape index (κ2) is 5.64. The lowest BCUT2D eigenvalue weighted by atomic mass is 10.1. The number of ether oxygens (including phenoxy) is 1. The molecule has 1 atom stereocenters. The van der Waals surface area contributed by atoms with E-state index in [1.165, 1.54) is 12.1 Å². The molecule has 0 radical (unpaired) electrons. The van der Waals surface area contributed by atoms with Crippen LogP contribution in [-0.4, -0.2) is 29.7 Å². The second-order valence-electron chi connectivity index (χ2n) is 4.22. The maximum atomic E-state index is 11.7. The summed E-state index contributed by atoms with van der Waals surface area (Å²) >= 11 is 0. The number of rotatable bonds is 4. The summed E-state index contributed by atoms with van der Waals surface area (Å²) in [6, 6.07) is 6.43. The van der Waals surface area contributed by atoms with E-state index in [2.05, 4.69) is 5.32 Å². The molecule has 5 heteroatoms. The summed E-state index contributed by atoms with van der Waals surface area (Å²) in [5.41, 5.74) is 1.11. The van der Waals surface area contributed by atoms with E-state index in [9.17, 15) is 9.59 Å². The number of benzene rings is 1. The van der Waals surface area contributed by atoms with Gasteiger partial charge in [0.25, 0.3) is 0 Å². The first kappa shape index (κ1) is 12.6. The van der Waals surface area contributed by atoms with Gasteiger partial charge in [-0.15, -0.1) is 0 Å². The summed E-state index contributed by atoms with van der Waals surface area (Å²) in [7, 11) is 0. The van der Waals surface area contributed by atoms with Gasteiger partial charge in [-0.05, 0) is 30.5 Å². The average molecular weight is 249 g/mol. The van der Waals surface area contributed by atoms with Crippen molar-refractivity contribution in [2.75, 3.05) is 6.61 Å². The Morgan fingerprint density at radius 2 is 2.06 bits per heavy atom. The van der Waals surface area contributed by atoms with Crippen LogP contribution < -0.4 is 5.32 Å². The number of amides is 1. The first-order valence-electron chi connectivity index (χ1n) is 5.88. The van der Waals surface area contributed by atoms with Crippen LogP contribution in [0.25, 0.3) is 0 Å². The largest absolute Gasteiger partial charge is 0.478 e. The number of hydrogen-bond donors (Lipinski definition) is 2. The summed E-state index contributed by atoms with van der Waals surface area (Å²) in [5.74, 6) is -1.06. The normalized spacial score (nSPS) is 18.6. The summed E-state index contributed by atoms with van der Waals surface area (Å²) in [5, 5.41) is 11.5. The van der Waals surface area contributed by atoms with E-state index in [0.717, 1.165) is 18.4 Å². The monoisotopic (exact) mass is 249 g/mol. The van der Waals surface area contributed by atoms with Crippen molar-refractivity contribution in [1.82, 2.24) is 5.32 Å². The van der Waals surface area contributed by atoms with Gasteiger partial charge in [-0.25, -0.2) is 4.79 Å². The topological polar surface area (TPSA) is 75.6 Å². The average Bonchev–Trinajstić information content (AvgIpc) is 2.90. The molecule has 1 fully saturated rings. The molecule has 0 bridgehead atoms. The van der Waals surface area contributed by atoms with Crippen LogP contribution in [0.3, 0.4) is 0 Å². The van der Waals surface area contributed by atoms with Gasteiger partial charge in [-0.2, -0.15) is 0 Å². The highest BCUT2D eigenvalue weighted by Gasteiger charge is 2.22. The molecular formula is C13H15NO4. The lowest BCUT2D eigenvalue weighted by Gasteiger charge is -2.10. The molecule has 1 aliphatic rings. The van der Waals surface area contributed by atoms with Crippen molar-refractivity contribution in [3.8, 4) is 0 Å². The minimum Gasteiger partial charge on any atom is -0.478 e. The molecule has 96 valence electrons. The van der Waals surface area contributed by atoms with Gasteiger partial charge in [0.05, 0.1) is 5.56 Å². The maximum Gasteiger partial charge on any atom is 0.335 e. The van der Waals surface area contributed by atoms with Gasteiger partial charge in [-0.1, -0.05) is 12.1 Å². The van der Waals surface area contributed by atoms with Crippen LogP contribution in [0.15, 0.2) is 24.3 Å². The summed E-state index contributed by atoms with van der Waals surface area (Å²) in [6.45, 7) is 1.03. The van der Waals surface area contributed by atoms with Crippen LogP contribution in [-0.2, 0) is 16.1 Å². The maximum absolute atomic E-state index is 11.7. The Balaban J connectivity index is 1.86. The van der Waals surface area contributed by atoms with E-state index in [0.29, 0.717) is 13.2 Å². The molecule has 2 rings (SSSR count). The fourth-order valence-corrected chi connectivity index (χ4v) is 1.85. The molecule has 0 unspecified atom stereocenters. The number of carboxylic acid groups (broad SMARTS) is 1. The second-order valence-corrected chi connectivity index (χ2v) is 4.22. The third kappa shape index (κ3) is 3.07. The molecule has 1 heterocycles. The van der Waals surface area contributed by atoms with Gasteiger partial charge in [0, 0.05) is 13.2 Å². The third-order valence-corrected chi connectivity index (χ3v) is 2.89. The Bertz CT molecular complexity index is 435. The molecule has 1 aromatic rings. The van der Waals surface area contributed by atoms with E-state index in [1.54, 1.807) is 12.1 Å². The van der Waals surface area contributed by atoms with Crippen molar-refractivity contribution >= 4 is 11.9 Å². The Hall–Kier alpha value is -1.88. The Labute approximate surface area is 105 Å². The Morgan fingerprint density at radius 1 is 1.33 bits per heavy atom. The van der Waals surface area contributed by atoms with Crippen LogP contribution in [0.2, 0.25) is 0 Å². The van der Waals surface area contributed by atoms with E-state index < -0.39 is 5.97 Å². The number of carboxylic acids is 1. The van der Waals surface area contributed by atoms with E-state index in [4.69, 9.17) is 9.84 Å². The predicted octanol–water partition coefficient (Wildman–Crippen LogP) is 1.18. The zero-order valence-electron chi connectivity index (χ0n) is 9.89. The molecule has 18 heavy (non-hydrogen) atoms. The number of aromatic carboxylic acids is 1. The highest BCUT2D eigenvalue weighted by atomic mass is 16.5. The summed E-state index contributed by atoms with van der Waals surface area (Å²) in [6.07, 6.45) is 1.36. The molecule has 1 saturated heterocycles. The molecule has 5 nitrogen and oxygen atoms in total. The zero-order chi connectivity index (χ0) is 13.0. The number of hydrogen-bond acceptors (Lipinski definition) is 3. The number of nitrogens with one attached hydrogen (secondary N) is 1. The van der Waals surface area contributed by atoms with Crippen LogP contribution in [0.4, 0.5) is 0 Å². The van der Waals surface area contributed by atoms with Crippen LogP contribution >= 0.6 is 0 Å². The highest BCUT2D eigenvalue weighted by Crippen LogP contribution is 2.12. The predicted molar refractivity (Wildman–Crippen MR) is 64.2 cm³/mol. The molecule has 2 N–H and O–H groups in total. The van der Waals surface area contributed by atoms with Gasteiger partial charge in [0.15, 0.2) is 0 Å². The quantitative estimate of drug-likeness (QED) is 0.840. The van der Waals surface area contributed by atoms with Crippen LogP contribution in [0.1, 0.15) is 28.8 Å². The minimum atomic E-state index is -0.954. The molecule has 0 aliphatic carbocycles. The molecule has 0 aromatic heterocycles. The van der Waals surface area contributed by atoms with Crippen molar-refractivity contribution in [3.63, 3.8) is 0 Å². The highest BCUT2D eigenvalue weighted by molar-refractivity contribution is 5.87. The Kier molecular flexibility index (Phi) is 3.94. The Morgan fingerprint density at radius 3 is 2.61 bits per heavy atom. The summed E-state index contributed by atoms with van der Waals surface area (Å²) < 4.78 is 5.26. The summed E-state index contributed by atoms with van der Waals surface area (Å²) in [4.78, 5) is 22.3. The van der Waals surface area contributed by atoms with E-state index in [1.807, 2.05) is 0 Å². The smallest absolute Gasteiger partial charge is 0.335 e. The van der Waals surface area contributed by atoms with Gasteiger partial charge in [-0.3, -0.25) is 4.79 Å². The molecular weight excluding hydrogens is 234 g/mol. The molecule has 1 amide bonds. The minimum absolute atomic E-state index is 0.102. The standard InChI is InChI=1S/C13H15NO4/c15-12(11-2-1-7-18-11)14-8-9-3-5-10(6-4-9)13(16)17/h3-6,11H,1-2,7-8H2,(H,14,15)(H,16,17)/t11-/m1/s1. The molecule has 1 aliphatic heterocycles. The van der Waals surface area contributed by atoms with Crippen LogP contribution in [0.5, 0.6) is 0 Å². The molecule has 0 spiro atoms. The first-order valence-corrected chi connectivity index (χ1v) is 5.88. The van der Waals surface area contributed by atoms with Crippen molar-refractivity contribution in [3.05, 3.63) is 35.4 Å². The zero-order valence-corrected chi connectivity index (χ0v) is 9.89. The third-order valence-electron chi connectivity index (χ3n) is 2.89. The van der Waals surface area contributed by atoms with Gasteiger partial charge >= 0.3 is 5.97 Å². The van der Waals surface area contributed by atoms with Crippen molar-refractivity contribution in [1.29, 1.82) is 0 Å². The molecule has 0 saturated carbocycles. The van der Waals surface area contributed by atoms with Gasteiger partial charge < -0.3 is 15.2 Å². The number of carbonyl (C=O) groups excluding carboxylic acids is 1. The number of carbonyl (C=O) groups is 2. The van der Waals surface area contributed by atoms with Crippen molar-refractivity contribution in [2.24, 2.45) is 0 Å². The lowest BCUT2D eigenvalue weighted by molar-refractivity contribution is -0.130. The van der Waals surface area contributed by atoms with E-state index in [-0.39, 0.29) is 17.6 Å². The van der Waals surface area contributed by atoms with Gasteiger partial charge in [0.1, 0.15) is 6.10 Å². The van der Waals surface area contributed by atoms with Gasteiger partial charge in [0.2, 0.25) is 5.91 Å². The first-order chi connectivity index (χ1) is 8.66. The fraction of sp³-hybridized carbons (Fsp3) is 0.385.